The predicted octanol–water partition coefficient (Wildman–Crippen LogP) is 4.04. The number of aryl methyl sites for hydroxylation is 1. The van der Waals surface area contributed by atoms with E-state index in [1.807, 2.05) is 55.5 Å². The van der Waals surface area contributed by atoms with Crippen LogP contribution in [0.3, 0.4) is 0 Å². The monoisotopic (exact) mass is 404 g/mol. The second-order valence-corrected chi connectivity index (χ2v) is 7.84. The zero-order valence-electron chi connectivity index (χ0n) is 15.9. The SMILES string of the molecule is CNC(=O)C(C)N(Cc1cccc(C)c1)C(=O)CSCc1ccc(Cl)cc1. The van der Waals surface area contributed by atoms with Gasteiger partial charge in [0.05, 0.1) is 5.75 Å². The van der Waals surface area contributed by atoms with Crippen molar-refractivity contribution >= 4 is 35.2 Å². The maximum absolute atomic E-state index is 12.8. The normalized spacial score (nSPS) is 11.7. The average Bonchev–Trinajstić information content (AvgIpc) is 2.66. The maximum atomic E-state index is 12.8. The molecule has 0 radical (unpaired) electrons. The summed E-state index contributed by atoms with van der Waals surface area (Å²) in [6, 6.07) is 15.1. The van der Waals surface area contributed by atoms with Crippen molar-refractivity contribution in [1.29, 1.82) is 0 Å². The van der Waals surface area contributed by atoms with E-state index in [4.69, 9.17) is 11.6 Å². The highest BCUT2D eigenvalue weighted by Gasteiger charge is 2.25. The lowest BCUT2D eigenvalue weighted by atomic mass is 10.1. The van der Waals surface area contributed by atoms with Gasteiger partial charge in [0.25, 0.3) is 0 Å². The number of nitrogens with one attached hydrogen (secondary N) is 1. The van der Waals surface area contributed by atoms with Crippen LogP contribution in [0.2, 0.25) is 5.02 Å². The lowest BCUT2D eigenvalue weighted by Crippen LogP contribution is -2.47. The van der Waals surface area contributed by atoms with Gasteiger partial charge in [-0.15, -0.1) is 11.8 Å². The van der Waals surface area contributed by atoms with Crippen LogP contribution in [0, 0.1) is 6.92 Å². The highest BCUT2D eigenvalue weighted by atomic mass is 35.5. The molecule has 0 heterocycles. The first-order valence-electron chi connectivity index (χ1n) is 8.79. The van der Waals surface area contributed by atoms with E-state index in [0.29, 0.717) is 17.3 Å². The van der Waals surface area contributed by atoms with Crippen LogP contribution in [0.5, 0.6) is 0 Å². The number of amides is 2. The van der Waals surface area contributed by atoms with E-state index in [1.165, 1.54) is 11.8 Å². The fraction of sp³-hybridized carbons (Fsp3) is 0.333. The first-order valence-corrected chi connectivity index (χ1v) is 10.3. The van der Waals surface area contributed by atoms with E-state index in [2.05, 4.69) is 5.32 Å². The molecule has 2 rings (SSSR count). The number of halogens is 1. The van der Waals surface area contributed by atoms with Crippen LogP contribution in [0.1, 0.15) is 23.6 Å². The molecular weight excluding hydrogens is 380 g/mol. The van der Waals surface area contributed by atoms with E-state index in [0.717, 1.165) is 22.4 Å². The van der Waals surface area contributed by atoms with Crippen molar-refractivity contribution in [2.24, 2.45) is 0 Å². The van der Waals surface area contributed by atoms with Crippen molar-refractivity contribution in [3.63, 3.8) is 0 Å². The third kappa shape index (κ3) is 6.60. The molecule has 0 saturated heterocycles. The molecule has 4 nitrogen and oxygen atoms in total. The van der Waals surface area contributed by atoms with Gasteiger partial charge in [-0.2, -0.15) is 0 Å². The molecule has 27 heavy (non-hydrogen) atoms. The number of benzene rings is 2. The standard InChI is InChI=1S/C21H25ClN2O2S/c1-15-5-4-6-18(11-15)12-24(16(2)21(26)23-3)20(25)14-27-13-17-7-9-19(22)10-8-17/h4-11,16H,12-14H2,1-3H3,(H,23,26). The minimum Gasteiger partial charge on any atom is -0.357 e. The van der Waals surface area contributed by atoms with Gasteiger partial charge < -0.3 is 10.2 Å². The van der Waals surface area contributed by atoms with Crippen LogP contribution < -0.4 is 5.32 Å². The highest BCUT2D eigenvalue weighted by Crippen LogP contribution is 2.18. The second kappa shape index (κ2) is 10.4. The van der Waals surface area contributed by atoms with Gasteiger partial charge in [0.15, 0.2) is 0 Å². The number of nitrogens with zero attached hydrogens (tertiary/aromatic N) is 1. The molecule has 144 valence electrons. The molecule has 0 aliphatic rings. The Morgan fingerprint density at radius 3 is 2.48 bits per heavy atom. The van der Waals surface area contributed by atoms with Crippen molar-refractivity contribution in [2.75, 3.05) is 12.8 Å². The molecule has 1 atom stereocenters. The van der Waals surface area contributed by atoms with E-state index < -0.39 is 6.04 Å². The Bertz CT molecular complexity index is 780. The molecule has 0 spiro atoms. The summed E-state index contributed by atoms with van der Waals surface area (Å²) in [6.45, 7) is 4.19. The predicted molar refractivity (Wildman–Crippen MR) is 113 cm³/mol. The van der Waals surface area contributed by atoms with Gasteiger partial charge in [-0.05, 0) is 37.1 Å². The van der Waals surface area contributed by atoms with Crippen molar-refractivity contribution < 1.29 is 9.59 Å². The molecule has 1 unspecified atom stereocenters. The molecular formula is C21H25ClN2O2S. The second-order valence-electron chi connectivity index (χ2n) is 6.42. The lowest BCUT2D eigenvalue weighted by molar-refractivity contribution is -0.138. The fourth-order valence-electron chi connectivity index (χ4n) is 2.72. The molecule has 0 aromatic heterocycles. The minimum absolute atomic E-state index is 0.0495. The summed E-state index contributed by atoms with van der Waals surface area (Å²) in [6.07, 6.45) is 0. The van der Waals surface area contributed by atoms with E-state index in [9.17, 15) is 9.59 Å². The van der Waals surface area contributed by atoms with Crippen molar-refractivity contribution in [2.45, 2.75) is 32.2 Å². The number of thioether (sulfide) groups is 1. The Balaban J connectivity index is 2.03. The first kappa shape index (κ1) is 21.3. The number of hydrogen-bond donors (Lipinski definition) is 1. The van der Waals surface area contributed by atoms with Gasteiger partial charge in [0, 0.05) is 24.4 Å². The molecule has 0 bridgehead atoms. The lowest BCUT2D eigenvalue weighted by Gasteiger charge is -2.28. The summed E-state index contributed by atoms with van der Waals surface area (Å²) in [5.74, 6) is 0.816. The van der Waals surface area contributed by atoms with Crippen LogP contribution in [0.15, 0.2) is 48.5 Å². The molecule has 0 saturated carbocycles. The largest absolute Gasteiger partial charge is 0.357 e. The van der Waals surface area contributed by atoms with Crippen molar-refractivity contribution in [3.8, 4) is 0 Å². The van der Waals surface area contributed by atoms with Crippen LogP contribution in [-0.4, -0.2) is 35.6 Å². The van der Waals surface area contributed by atoms with Crippen LogP contribution in [0.4, 0.5) is 0 Å². The number of carbonyl (C=O) groups is 2. The third-order valence-electron chi connectivity index (χ3n) is 4.26. The Morgan fingerprint density at radius 1 is 1.15 bits per heavy atom. The number of carbonyl (C=O) groups excluding carboxylic acids is 2. The van der Waals surface area contributed by atoms with Crippen molar-refractivity contribution in [3.05, 3.63) is 70.2 Å². The molecule has 0 aliphatic carbocycles. The third-order valence-corrected chi connectivity index (χ3v) is 5.50. The molecule has 2 aromatic carbocycles. The summed E-state index contributed by atoms with van der Waals surface area (Å²) < 4.78 is 0. The summed E-state index contributed by atoms with van der Waals surface area (Å²) in [5.41, 5.74) is 3.26. The van der Waals surface area contributed by atoms with Gasteiger partial charge in [0.1, 0.15) is 6.04 Å². The van der Waals surface area contributed by atoms with Crippen LogP contribution in [0.25, 0.3) is 0 Å². The van der Waals surface area contributed by atoms with Gasteiger partial charge >= 0.3 is 0 Å². The molecule has 0 fully saturated rings. The molecule has 2 amide bonds. The summed E-state index contributed by atoms with van der Waals surface area (Å²) in [5, 5.41) is 3.33. The van der Waals surface area contributed by atoms with Crippen LogP contribution >= 0.6 is 23.4 Å². The van der Waals surface area contributed by atoms with Crippen molar-refractivity contribution in [1.82, 2.24) is 10.2 Å². The average molecular weight is 405 g/mol. The van der Waals surface area contributed by atoms with Gasteiger partial charge in [-0.1, -0.05) is 53.6 Å². The summed E-state index contributed by atoms with van der Waals surface area (Å²) in [4.78, 5) is 26.6. The molecule has 1 N–H and O–H groups in total. The Morgan fingerprint density at radius 2 is 1.85 bits per heavy atom. The number of rotatable bonds is 8. The molecule has 2 aromatic rings. The highest BCUT2D eigenvalue weighted by molar-refractivity contribution is 7.99. The van der Waals surface area contributed by atoms with E-state index >= 15 is 0 Å². The zero-order chi connectivity index (χ0) is 19.8. The smallest absolute Gasteiger partial charge is 0.242 e. The summed E-state index contributed by atoms with van der Waals surface area (Å²) >= 11 is 7.43. The van der Waals surface area contributed by atoms with Crippen LogP contribution in [-0.2, 0) is 21.9 Å². The molecule has 6 heteroatoms. The fourth-order valence-corrected chi connectivity index (χ4v) is 3.72. The quantitative estimate of drug-likeness (QED) is 0.722. The van der Waals surface area contributed by atoms with Gasteiger partial charge in [-0.3, -0.25) is 9.59 Å². The minimum atomic E-state index is -0.529. The number of hydrogen-bond acceptors (Lipinski definition) is 3. The summed E-state index contributed by atoms with van der Waals surface area (Å²) in [7, 11) is 1.59. The topological polar surface area (TPSA) is 49.4 Å². The number of likely N-dealkylation sites (N-methyl/N-ethyl adjacent to an activating group) is 1. The Hall–Kier alpha value is -1.98. The Labute approximate surface area is 170 Å². The maximum Gasteiger partial charge on any atom is 0.242 e. The van der Waals surface area contributed by atoms with E-state index in [1.54, 1.807) is 18.9 Å². The van der Waals surface area contributed by atoms with Gasteiger partial charge in [-0.25, -0.2) is 0 Å². The Kier molecular flexibility index (Phi) is 8.20. The zero-order valence-corrected chi connectivity index (χ0v) is 17.4. The van der Waals surface area contributed by atoms with Gasteiger partial charge in [0.2, 0.25) is 11.8 Å². The van der Waals surface area contributed by atoms with E-state index in [-0.39, 0.29) is 11.8 Å². The first-order chi connectivity index (χ1) is 12.9. The molecule has 0 aliphatic heterocycles.